The maximum Gasteiger partial charge on any atom is 0.123 e. The van der Waals surface area contributed by atoms with Gasteiger partial charge in [0.1, 0.15) is 5.82 Å². The molecule has 0 amide bonds. The number of aromatic nitrogens is 1. The fourth-order valence-corrected chi connectivity index (χ4v) is 2.23. The minimum Gasteiger partial charge on any atom is -0.388 e. The van der Waals surface area contributed by atoms with Crippen LogP contribution in [0.1, 0.15) is 36.3 Å². The summed E-state index contributed by atoms with van der Waals surface area (Å²) in [6.45, 7) is 4.73. The molecule has 2 rings (SSSR count). The van der Waals surface area contributed by atoms with Crippen molar-refractivity contribution in [3.05, 3.63) is 65.2 Å². The zero-order valence-corrected chi connectivity index (χ0v) is 12.4. The van der Waals surface area contributed by atoms with Crippen LogP contribution in [0.2, 0.25) is 0 Å². The largest absolute Gasteiger partial charge is 0.388 e. The van der Waals surface area contributed by atoms with Crippen molar-refractivity contribution in [2.24, 2.45) is 0 Å². The number of nitrogens with one attached hydrogen (secondary N) is 1. The van der Waals surface area contributed by atoms with Gasteiger partial charge < -0.3 is 10.4 Å². The Bertz CT molecular complexity index is 571. The number of aliphatic hydroxyl groups is 1. The highest BCUT2D eigenvalue weighted by molar-refractivity contribution is 5.19. The molecule has 2 atom stereocenters. The molecule has 3 nitrogen and oxygen atoms in total. The Labute approximate surface area is 124 Å². The molecule has 0 radical (unpaired) electrons. The van der Waals surface area contributed by atoms with Gasteiger partial charge in [0, 0.05) is 24.5 Å². The quantitative estimate of drug-likeness (QED) is 0.858. The standard InChI is InChI=1S/C17H21FN2O/c1-12(20-11-15-4-3-9-19-13(15)2)10-17(21)14-5-7-16(18)8-6-14/h3-9,12,17,20-21H,10-11H2,1-2H3. The number of halogens is 1. The summed E-state index contributed by atoms with van der Waals surface area (Å²) < 4.78 is 12.9. The fraction of sp³-hybridized carbons (Fsp3) is 0.353. The van der Waals surface area contributed by atoms with Crippen molar-refractivity contribution >= 4 is 0 Å². The number of nitrogens with zero attached hydrogens (tertiary/aromatic N) is 1. The van der Waals surface area contributed by atoms with E-state index in [0.717, 1.165) is 23.4 Å². The number of aryl methyl sites for hydroxylation is 1. The molecule has 1 aromatic heterocycles. The summed E-state index contributed by atoms with van der Waals surface area (Å²) in [6, 6.07) is 10.1. The maximum absolute atomic E-state index is 12.9. The van der Waals surface area contributed by atoms with Gasteiger partial charge in [-0.25, -0.2) is 4.39 Å². The Kier molecular flexibility index (Phi) is 5.42. The Morgan fingerprint density at radius 1 is 1.24 bits per heavy atom. The van der Waals surface area contributed by atoms with E-state index in [0.29, 0.717) is 6.42 Å². The van der Waals surface area contributed by atoms with E-state index in [1.165, 1.54) is 12.1 Å². The van der Waals surface area contributed by atoms with E-state index in [9.17, 15) is 9.50 Å². The molecule has 0 bridgehead atoms. The van der Waals surface area contributed by atoms with E-state index in [1.807, 2.05) is 26.0 Å². The van der Waals surface area contributed by atoms with Crippen molar-refractivity contribution in [3.8, 4) is 0 Å². The first-order chi connectivity index (χ1) is 10.1. The first-order valence-electron chi connectivity index (χ1n) is 7.13. The molecule has 4 heteroatoms. The predicted molar refractivity (Wildman–Crippen MR) is 81.3 cm³/mol. The van der Waals surface area contributed by atoms with Gasteiger partial charge in [-0.1, -0.05) is 18.2 Å². The number of hydrogen-bond donors (Lipinski definition) is 2. The SMILES string of the molecule is Cc1ncccc1CNC(C)CC(O)c1ccc(F)cc1. The molecule has 112 valence electrons. The van der Waals surface area contributed by atoms with Crippen LogP contribution in [0, 0.1) is 12.7 Å². The second kappa shape index (κ2) is 7.29. The van der Waals surface area contributed by atoms with Gasteiger partial charge in [0.05, 0.1) is 6.10 Å². The van der Waals surface area contributed by atoms with Gasteiger partial charge >= 0.3 is 0 Å². The highest BCUT2D eigenvalue weighted by Gasteiger charge is 2.12. The first kappa shape index (κ1) is 15.6. The van der Waals surface area contributed by atoms with Gasteiger partial charge in [0.25, 0.3) is 0 Å². The van der Waals surface area contributed by atoms with Gasteiger partial charge in [0.15, 0.2) is 0 Å². The van der Waals surface area contributed by atoms with Crippen molar-refractivity contribution < 1.29 is 9.50 Å². The molecule has 2 unspecified atom stereocenters. The molecule has 0 aliphatic carbocycles. The molecule has 1 aromatic carbocycles. The lowest BCUT2D eigenvalue weighted by Crippen LogP contribution is -2.27. The van der Waals surface area contributed by atoms with Gasteiger partial charge in [0.2, 0.25) is 0 Å². The van der Waals surface area contributed by atoms with Crippen LogP contribution in [0.25, 0.3) is 0 Å². The minimum atomic E-state index is -0.594. The van der Waals surface area contributed by atoms with Gasteiger partial charge in [-0.05, 0) is 49.6 Å². The highest BCUT2D eigenvalue weighted by Crippen LogP contribution is 2.18. The van der Waals surface area contributed by atoms with Crippen LogP contribution >= 0.6 is 0 Å². The number of rotatable bonds is 6. The lowest BCUT2D eigenvalue weighted by molar-refractivity contribution is 0.153. The average Bonchev–Trinajstić information content (AvgIpc) is 2.47. The maximum atomic E-state index is 12.9. The summed E-state index contributed by atoms with van der Waals surface area (Å²) in [7, 11) is 0. The van der Waals surface area contributed by atoms with E-state index < -0.39 is 6.10 Å². The Morgan fingerprint density at radius 2 is 1.95 bits per heavy atom. The van der Waals surface area contributed by atoms with Gasteiger partial charge in [-0.3, -0.25) is 4.98 Å². The zero-order chi connectivity index (χ0) is 15.2. The van der Waals surface area contributed by atoms with Gasteiger partial charge in [-0.2, -0.15) is 0 Å². The Hall–Kier alpha value is -1.78. The molecule has 0 saturated heterocycles. The monoisotopic (exact) mass is 288 g/mol. The molecule has 0 saturated carbocycles. The second-order valence-corrected chi connectivity index (χ2v) is 5.33. The number of benzene rings is 1. The van der Waals surface area contributed by atoms with Crippen LogP contribution in [0.3, 0.4) is 0 Å². The molecular formula is C17H21FN2O. The molecular weight excluding hydrogens is 267 g/mol. The molecule has 0 aliphatic rings. The number of hydrogen-bond acceptors (Lipinski definition) is 3. The minimum absolute atomic E-state index is 0.143. The Morgan fingerprint density at radius 3 is 2.62 bits per heavy atom. The summed E-state index contributed by atoms with van der Waals surface area (Å²) >= 11 is 0. The highest BCUT2D eigenvalue weighted by atomic mass is 19.1. The topological polar surface area (TPSA) is 45.2 Å². The summed E-state index contributed by atoms with van der Waals surface area (Å²) in [5.41, 5.74) is 2.90. The molecule has 2 N–H and O–H groups in total. The summed E-state index contributed by atoms with van der Waals surface area (Å²) in [4.78, 5) is 4.25. The smallest absolute Gasteiger partial charge is 0.123 e. The number of aliphatic hydroxyl groups excluding tert-OH is 1. The lowest BCUT2D eigenvalue weighted by atomic mass is 10.0. The summed E-state index contributed by atoms with van der Waals surface area (Å²) in [6.07, 6.45) is 1.76. The second-order valence-electron chi connectivity index (χ2n) is 5.33. The Balaban J connectivity index is 1.85. The fourth-order valence-electron chi connectivity index (χ4n) is 2.23. The lowest BCUT2D eigenvalue weighted by Gasteiger charge is -2.18. The normalized spacial score (nSPS) is 13.9. The third kappa shape index (κ3) is 4.62. The van der Waals surface area contributed by atoms with Crippen LogP contribution in [0.5, 0.6) is 0 Å². The third-order valence-electron chi connectivity index (χ3n) is 3.59. The molecule has 21 heavy (non-hydrogen) atoms. The van der Waals surface area contributed by atoms with Crippen molar-refractivity contribution in [2.75, 3.05) is 0 Å². The van der Waals surface area contributed by atoms with E-state index in [1.54, 1.807) is 18.3 Å². The van der Waals surface area contributed by atoms with Crippen molar-refractivity contribution in [1.29, 1.82) is 0 Å². The van der Waals surface area contributed by atoms with Crippen LogP contribution in [-0.4, -0.2) is 16.1 Å². The van der Waals surface area contributed by atoms with E-state index >= 15 is 0 Å². The average molecular weight is 288 g/mol. The molecule has 0 aliphatic heterocycles. The predicted octanol–water partition coefficient (Wildman–Crippen LogP) is 3.13. The van der Waals surface area contributed by atoms with Crippen molar-refractivity contribution in [1.82, 2.24) is 10.3 Å². The van der Waals surface area contributed by atoms with E-state index in [2.05, 4.69) is 10.3 Å². The number of pyridine rings is 1. The molecule has 0 fully saturated rings. The summed E-state index contributed by atoms with van der Waals surface area (Å²) in [5.74, 6) is -0.288. The molecule has 2 aromatic rings. The van der Waals surface area contributed by atoms with Crippen molar-refractivity contribution in [3.63, 3.8) is 0 Å². The molecule has 0 spiro atoms. The van der Waals surface area contributed by atoms with E-state index in [4.69, 9.17) is 0 Å². The third-order valence-corrected chi connectivity index (χ3v) is 3.59. The van der Waals surface area contributed by atoms with Crippen LogP contribution < -0.4 is 5.32 Å². The zero-order valence-electron chi connectivity index (χ0n) is 12.4. The van der Waals surface area contributed by atoms with Gasteiger partial charge in [-0.15, -0.1) is 0 Å². The summed E-state index contributed by atoms with van der Waals surface area (Å²) in [5, 5.41) is 13.5. The van der Waals surface area contributed by atoms with Crippen LogP contribution in [0.4, 0.5) is 4.39 Å². The van der Waals surface area contributed by atoms with Crippen LogP contribution in [-0.2, 0) is 6.54 Å². The van der Waals surface area contributed by atoms with E-state index in [-0.39, 0.29) is 11.9 Å². The van der Waals surface area contributed by atoms with Crippen molar-refractivity contribution in [2.45, 2.75) is 39.0 Å². The first-order valence-corrected chi connectivity index (χ1v) is 7.13. The van der Waals surface area contributed by atoms with Crippen LogP contribution in [0.15, 0.2) is 42.6 Å². The molecule has 1 heterocycles.